The van der Waals surface area contributed by atoms with Gasteiger partial charge < -0.3 is 29.6 Å². The fourth-order valence-electron chi connectivity index (χ4n) is 0.951. The van der Waals surface area contributed by atoms with E-state index in [1.54, 1.807) is 6.92 Å². The molecule has 1 atom stereocenters. The van der Waals surface area contributed by atoms with Crippen LogP contribution in [-0.2, 0) is 19.1 Å². The third-order valence-corrected chi connectivity index (χ3v) is 1.72. The van der Waals surface area contributed by atoms with Crippen molar-refractivity contribution >= 4 is 17.9 Å². The number of esters is 1. The minimum atomic E-state index is -2.79. The molecule has 0 aromatic rings. The molecule has 0 bridgehead atoms. The van der Waals surface area contributed by atoms with Crippen molar-refractivity contribution in [2.45, 2.75) is 31.8 Å². The van der Waals surface area contributed by atoms with E-state index in [4.69, 9.17) is 0 Å². The maximum Gasteiger partial charge on any atom is 1.00 e. The van der Waals surface area contributed by atoms with Crippen LogP contribution in [0.2, 0.25) is 0 Å². The summed E-state index contributed by atoms with van der Waals surface area (Å²) < 4.78 is 4.52. The number of carboxylic acid groups (broad SMARTS) is 2. The van der Waals surface area contributed by atoms with E-state index in [2.05, 4.69) is 4.74 Å². The van der Waals surface area contributed by atoms with Crippen LogP contribution < -0.4 is 69.3 Å². The molecule has 0 saturated heterocycles. The zero-order valence-corrected chi connectivity index (χ0v) is 14.7. The third-order valence-electron chi connectivity index (χ3n) is 1.72. The normalized spacial score (nSPS) is 12.3. The Morgan fingerprint density at radius 1 is 1.17 bits per heavy atom. The summed E-state index contributed by atoms with van der Waals surface area (Å²) in [6, 6.07) is 0. The number of aliphatic carboxylic acids is 2. The number of hydrogen-bond donors (Lipinski definition) is 1. The Balaban J connectivity index is -0.00000112. The van der Waals surface area contributed by atoms with Crippen LogP contribution in [0.5, 0.6) is 0 Å². The van der Waals surface area contributed by atoms with Crippen LogP contribution >= 0.6 is 0 Å². The SMILES string of the molecule is CCCOC(=O)CC(O)(CC(=O)[O-])C(=O)[O-].[Na+].[Na+]. The van der Waals surface area contributed by atoms with E-state index in [-0.39, 0.29) is 65.7 Å². The second-order valence-electron chi connectivity index (χ2n) is 3.27. The molecule has 9 heteroatoms. The molecule has 0 heterocycles. The van der Waals surface area contributed by atoms with Crippen molar-refractivity contribution < 1.29 is 93.6 Å². The number of ether oxygens (including phenoxy) is 1. The molecule has 0 aromatic heterocycles. The van der Waals surface area contributed by atoms with E-state index in [1.807, 2.05) is 0 Å². The van der Waals surface area contributed by atoms with Crippen LogP contribution in [0, 0.1) is 0 Å². The maximum atomic E-state index is 11.0. The van der Waals surface area contributed by atoms with Crippen LogP contribution in [-0.4, -0.2) is 35.2 Å². The molecule has 0 fully saturated rings. The second kappa shape index (κ2) is 11.2. The topological polar surface area (TPSA) is 127 Å². The van der Waals surface area contributed by atoms with Gasteiger partial charge in [0, 0.05) is 12.4 Å². The van der Waals surface area contributed by atoms with Gasteiger partial charge in [0.1, 0.15) is 5.60 Å². The molecular formula is C9H12Na2O7. The standard InChI is InChI=1S/C9H14O7.2Na/c1-2-3-16-7(12)5-9(15,8(13)14)4-6(10)11;;/h15H,2-5H2,1H3,(H,10,11)(H,13,14);;/q;2*+1/p-2. The van der Waals surface area contributed by atoms with Crippen molar-refractivity contribution in [2.24, 2.45) is 0 Å². The molecule has 0 rings (SSSR count). The average molecular weight is 278 g/mol. The number of carbonyl (C=O) groups excluding carboxylic acids is 3. The first-order valence-electron chi connectivity index (χ1n) is 4.61. The molecule has 0 aromatic carbocycles. The summed E-state index contributed by atoms with van der Waals surface area (Å²) in [4.78, 5) is 31.7. The molecule has 0 radical (unpaired) electrons. The van der Waals surface area contributed by atoms with E-state index in [1.165, 1.54) is 0 Å². The van der Waals surface area contributed by atoms with E-state index in [0.29, 0.717) is 6.42 Å². The largest absolute Gasteiger partial charge is 1.00 e. The van der Waals surface area contributed by atoms with Gasteiger partial charge in [-0.3, -0.25) is 4.79 Å². The van der Waals surface area contributed by atoms with Gasteiger partial charge in [-0.25, -0.2) is 0 Å². The molecule has 92 valence electrons. The maximum absolute atomic E-state index is 11.0. The van der Waals surface area contributed by atoms with Crippen LogP contribution in [0.3, 0.4) is 0 Å². The van der Waals surface area contributed by atoms with Crippen molar-refractivity contribution in [2.75, 3.05) is 6.61 Å². The van der Waals surface area contributed by atoms with Crippen molar-refractivity contribution in [3.05, 3.63) is 0 Å². The Morgan fingerprint density at radius 3 is 2.00 bits per heavy atom. The smallest absolute Gasteiger partial charge is 0.550 e. The Bertz CT molecular complexity index is 295. The Labute approximate surface area is 148 Å². The molecule has 0 aliphatic carbocycles. The number of aliphatic hydroxyl groups is 1. The van der Waals surface area contributed by atoms with E-state index < -0.39 is 36.4 Å². The second-order valence-corrected chi connectivity index (χ2v) is 3.27. The molecule has 0 aliphatic rings. The predicted molar refractivity (Wildman–Crippen MR) is 45.4 cm³/mol. The van der Waals surface area contributed by atoms with Gasteiger partial charge in [0.25, 0.3) is 0 Å². The summed E-state index contributed by atoms with van der Waals surface area (Å²) in [5.74, 6) is -4.85. The fraction of sp³-hybridized carbons (Fsp3) is 0.667. The van der Waals surface area contributed by atoms with Gasteiger partial charge in [0.05, 0.1) is 19.0 Å². The Morgan fingerprint density at radius 2 is 1.67 bits per heavy atom. The number of carbonyl (C=O) groups is 3. The summed E-state index contributed by atoms with van der Waals surface area (Å²) in [5, 5.41) is 30.1. The molecule has 7 nitrogen and oxygen atoms in total. The Kier molecular flexibility index (Phi) is 14.6. The molecule has 0 saturated carbocycles. The minimum Gasteiger partial charge on any atom is -0.550 e. The summed E-state index contributed by atoms with van der Waals surface area (Å²) in [7, 11) is 0. The van der Waals surface area contributed by atoms with Gasteiger partial charge in [0.2, 0.25) is 0 Å². The zero-order chi connectivity index (χ0) is 12.8. The third kappa shape index (κ3) is 9.32. The average Bonchev–Trinajstić information content (AvgIpc) is 2.12. The zero-order valence-electron chi connectivity index (χ0n) is 10.7. The summed E-state index contributed by atoms with van der Waals surface area (Å²) in [6.07, 6.45) is -1.68. The van der Waals surface area contributed by atoms with E-state index in [0.717, 1.165) is 0 Å². The van der Waals surface area contributed by atoms with E-state index >= 15 is 0 Å². The van der Waals surface area contributed by atoms with Gasteiger partial charge in [-0.05, 0) is 6.42 Å². The molecular weight excluding hydrogens is 266 g/mol. The quantitative estimate of drug-likeness (QED) is 0.362. The van der Waals surface area contributed by atoms with Crippen molar-refractivity contribution in [1.82, 2.24) is 0 Å². The molecule has 0 spiro atoms. The minimum absolute atomic E-state index is 0. The molecule has 18 heavy (non-hydrogen) atoms. The van der Waals surface area contributed by atoms with Crippen molar-refractivity contribution in [3.63, 3.8) is 0 Å². The van der Waals surface area contributed by atoms with Gasteiger partial charge in [-0.2, -0.15) is 0 Å². The fourth-order valence-corrected chi connectivity index (χ4v) is 0.951. The Hall–Kier alpha value is 0.370. The number of rotatable bonds is 7. The molecule has 1 unspecified atom stereocenters. The number of carboxylic acids is 2. The van der Waals surface area contributed by atoms with Crippen LogP contribution in [0.25, 0.3) is 0 Å². The first-order valence-corrected chi connectivity index (χ1v) is 4.61. The summed E-state index contributed by atoms with van der Waals surface area (Å²) >= 11 is 0. The van der Waals surface area contributed by atoms with E-state index in [9.17, 15) is 29.7 Å². The van der Waals surface area contributed by atoms with Crippen LogP contribution in [0.4, 0.5) is 0 Å². The van der Waals surface area contributed by atoms with Crippen molar-refractivity contribution in [1.29, 1.82) is 0 Å². The molecule has 1 N–H and O–H groups in total. The van der Waals surface area contributed by atoms with Crippen LogP contribution in [0.1, 0.15) is 26.2 Å². The monoisotopic (exact) mass is 278 g/mol. The molecule has 0 aliphatic heterocycles. The first-order chi connectivity index (χ1) is 7.31. The number of hydrogen-bond acceptors (Lipinski definition) is 7. The van der Waals surface area contributed by atoms with Gasteiger partial charge >= 0.3 is 65.1 Å². The van der Waals surface area contributed by atoms with Gasteiger partial charge in [-0.1, -0.05) is 6.92 Å². The van der Waals surface area contributed by atoms with Gasteiger partial charge in [0.15, 0.2) is 0 Å². The summed E-state index contributed by atoms with van der Waals surface area (Å²) in [6.45, 7) is 1.78. The van der Waals surface area contributed by atoms with Gasteiger partial charge in [-0.15, -0.1) is 0 Å². The van der Waals surface area contributed by atoms with Crippen LogP contribution in [0.15, 0.2) is 0 Å². The predicted octanol–water partition coefficient (Wildman–Crippen LogP) is -9.04. The van der Waals surface area contributed by atoms with Crippen molar-refractivity contribution in [3.8, 4) is 0 Å². The summed E-state index contributed by atoms with van der Waals surface area (Å²) in [5.41, 5.74) is -2.79. The first kappa shape index (κ1) is 23.5. The molecule has 0 amide bonds.